The van der Waals surface area contributed by atoms with Gasteiger partial charge in [-0.2, -0.15) is 8.42 Å². The van der Waals surface area contributed by atoms with Crippen LogP contribution in [0.2, 0.25) is 0 Å². The van der Waals surface area contributed by atoms with Gasteiger partial charge in [0.25, 0.3) is 0 Å². The summed E-state index contributed by atoms with van der Waals surface area (Å²) in [5.41, 5.74) is 5.76. The summed E-state index contributed by atoms with van der Waals surface area (Å²) in [4.78, 5) is 16.6. The van der Waals surface area contributed by atoms with Crippen LogP contribution < -0.4 is 4.18 Å². The van der Waals surface area contributed by atoms with E-state index in [1.807, 2.05) is 24.3 Å². The van der Waals surface area contributed by atoms with Crippen molar-refractivity contribution in [3.05, 3.63) is 89.0 Å². The van der Waals surface area contributed by atoms with Crippen LogP contribution in [0.5, 0.6) is 5.75 Å². The van der Waals surface area contributed by atoms with Crippen LogP contribution in [-0.2, 0) is 21.8 Å². The molecule has 1 aliphatic heterocycles. The maximum absolute atomic E-state index is 13.0. The number of terminal acetylenes is 1. The predicted molar refractivity (Wildman–Crippen MR) is 137 cm³/mol. The van der Waals surface area contributed by atoms with Crippen molar-refractivity contribution in [2.75, 3.05) is 32.8 Å². The van der Waals surface area contributed by atoms with Crippen molar-refractivity contribution in [3.8, 4) is 29.2 Å². The summed E-state index contributed by atoms with van der Waals surface area (Å²) in [5, 5.41) is 0. The average Bonchev–Trinajstić information content (AvgIpc) is 3.20. The third-order valence-electron chi connectivity index (χ3n) is 6.70. The predicted octanol–water partition coefficient (Wildman–Crippen LogP) is 4.33. The third-order valence-corrected chi connectivity index (χ3v) is 7.09. The van der Waals surface area contributed by atoms with Crippen molar-refractivity contribution in [1.82, 2.24) is 9.80 Å². The van der Waals surface area contributed by atoms with Gasteiger partial charge in [-0.15, -0.1) is 6.42 Å². The number of rotatable bonds is 6. The Kier molecular flexibility index (Phi) is 6.87. The zero-order valence-corrected chi connectivity index (χ0v) is 20.8. The van der Waals surface area contributed by atoms with E-state index in [-0.39, 0.29) is 24.4 Å². The largest absolute Gasteiger partial charge is 0.488 e. The molecule has 37 heavy (non-hydrogen) atoms. The highest BCUT2D eigenvalue weighted by Crippen LogP contribution is 2.44. The number of halogens is 1. The molecule has 9 heteroatoms. The maximum Gasteiger partial charge on any atom is 0.488 e. The Morgan fingerprint density at radius 3 is 2.19 bits per heavy atom. The van der Waals surface area contributed by atoms with E-state index in [2.05, 4.69) is 39.3 Å². The Morgan fingerprint density at radius 2 is 1.59 bits per heavy atom. The summed E-state index contributed by atoms with van der Waals surface area (Å²) in [5.74, 6) is 2.25. The molecule has 5 rings (SSSR count). The standard InChI is InChI=1S/C28H25FN2O5S/c1-2-20-15-21(17-22(16-20)36-37(29,33)34)18-30-11-13-31(14-12-30)28(32)35-19-27-25-9-5-3-7-23(25)24-8-4-6-10-26(24)27/h1,3-10,15-17,27H,11-14,18-19H2. The second-order valence-electron chi connectivity index (χ2n) is 9.05. The minimum absolute atomic E-state index is 0.00520. The summed E-state index contributed by atoms with van der Waals surface area (Å²) in [7, 11) is -5.15. The summed E-state index contributed by atoms with van der Waals surface area (Å²) in [6, 6.07) is 20.9. The lowest BCUT2D eigenvalue weighted by atomic mass is 9.98. The molecule has 1 heterocycles. The molecule has 2 aliphatic rings. The summed E-state index contributed by atoms with van der Waals surface area (Å²) < 4.78 is 44.8. The van der Waals surface area contributed by atoms with Crippen molar-refractivity contribution in [2.45, 2.75) is 12.5 Å². The molecule has 0 spiro atoms. The molecule has 0 radical (unpaired) electrons. The van der Waals surface area contributed by atoms with Gasteiger partial charge in [0.05, 0.1) is 0 Å². The number of piperazine rings is 1. The molecule has 190 valence electrons. The Hall–Kier alpha value is -3.87. The molecule has 0 bridgehead atoms. The topological polar surface area (TPSA) is 76.2 Å². The molecule has 0 aromatic heterocycles. The molecule has 1 fully saturated rings. The fourth-order valence-corrected chi connectivity index (χ4v) is 5.36. The molecule has 1 amide bonds. The monoisotopic (exact) mass is 520 g/mol. The first-order valence-corrected chi connectivity index (χ1v) is 13.2. The molecule has 7 nitrogen and oxygen atoms in total. The van der Waals surface area contributed by atoms with Crippen molar-refractivity contribution in [2.24, 2.45) is 0 Å². The van der Waals surface area contributed by atoms with Gasteiger partial charge >= 0.3 is 16.6 Å². The minimum atomic E-state index is -5.15. The van der Waals surface area contributed by atoms with Crippen LogP contribution >= 0.6 is 0 Å². The number of benzene rings is 3. The van der Waals surface area contributed by atoms with E-state index in [9.17, 15) is 17.1 Å². The molecule has 0 N–H and O–H groups in total. The maximum atomic E-state index is 13.0. The lowest BCUT2D eigenvalue weighted by molar-refractivity contribution is 0.0728. The number of carbonyl (C=O) groups is 1. The molecular formula is C28H25FN2O5S. The number of nitrogens with zero attached hydrogens (tertiary/aromatic N) is 2. The zero-order valence-electron chi connectivity index (χ0n) is 20.0. The highest BCUT2D eigenvalue weighted by atomic mass is 32.3. The van der Waals surface area contributed by atoms with Crippen LogP contribution in [-0.4, -0.2) is 57.1 Å². The number of hydrogen-bond acceptors (Lipinski definition) is 6. The summed E-state index contributed by atoms with van der Waals surface area (Å²) in [6.07, 6.45) is 5.09. The van der Waals surface area contributed by atoms with Gasteiger partial charge in [0, 0.05) is 44.2 Å². The molecule has 1 aliphatic carbocycles. The van der Waals surface area contributed by atoms with Crippen LogP contribution in [0.4, 0.5) is 8.68 Å². The van der Waals surface area contributed by atoms with Crippen LogP contribution in [0.1, 0.15) is 28.2 Å². The summed E-state index contributed by atoms with van der Waals surface area (Å²) >= 11 is 0. The van der Waals surface area contributed by atoms with Crippen molar-refractivity contribution in [3.63, 3.8) is 0 Å². The van der Waals surface area contributed by atoms with Crippen LogP contribution in [0.15, 0.2) is 66.7 Å². The van der Waals surface area contributed by atoms with Gasteiger partial charge in [0.1, 0.15) is 12.4 Å². The van der Waals surface area contributed by atoms with Crippen molar-refractivity contribution in [1.29, 1.82) is 0 Å². The van der Waals surface area contributed by atoms with Crippen LogP contribution in [0, 0.1) is 12.3 Å². The van der Waals surface area contributed by atoms with Gasteiger partial charge in [0.2, 0.25) is 0 Å². The van der Waals surface area contributed by atoms with Crippen molar-refractivity contribution < 1.29 is 26.0 Å². The first kappa shape index (κ1) is 24.8. The Bertz CT molecular complexity index is 1430. The van der Waals surface area contributed by atoms with Gasteiger partial charge < -0.3 is 13.8 Å². The van der Waals surface area contributed by atoms with Crippen LogP contribution in [0.25, 0.3) is 11.1 Å². The van der Waals surface area contributed by atoms with E-state index in [1.54, 1.807) is 11.0 Å². The van der Waals surface area contributed by atoms with E-state index in [4.69, 9.17) is 11.2 Å². The number of amides is 1. The highest BCUT2D eigenvalue weighted by Gasteiger charge is 2.30. The van der Waals surface area contributed by atoms with E-state index in [0.29, 0.717) is 43.9 Å². The number of carbonyl (C=O) groups excluding carboxylic acids is 1. The fourth-order valence-electron chi connectivity index (χ4n) is 5.03. The molecule has 1 saturated heterocycles. The molecular weight excluding hydrogens is 495 g/mol. The first-order chi connectivity index (χ1) is 17.8. The summed E-state index contributed by atoms with van der Waals surface area (Å²) in [6.45, 7) is 2.84. The number of ether oxygens (including phenoxy) is 1. The Morgan fingerprint density at radius 1 is 0.973 bits per heavy atom. The molecule has 0 unspecified atom stereocenters. The normalized spacial score (nSPS) is 15.5. The van der Waals surface area contributed by atoms with Gasteiger partial charge in [0.15, 0.2) is 0 Å². The number of hydrogen-bond donors (Lipinski definition) is 0. The molecule has 0 atom stereocenters. The lowest BCUT2D eigenvalue weighted by Gasteiger charge is -2.34. The Labute approximate surface area is 215 Å². The average molecular weight is 521 g/mol. The third kappa shape index (κ3) is 5.61. The lowest BCUT2D eigenvalue weighted by Crippen LogP contribution is -2.48. The zero-order chi connectivity index (χ0) is 26.0. The Balaban J connectivity index is 1.17. The van der Waals surface area contributed by atoms with E-state index < -0.39 is 10.5 Å². The first-order valence-electron chi connectivity index (χ1n) is 11.9. The van der Waals surface area contributed by atoms with Crippen LogP contribution in [0.3, 0.4) is 0 Å². The van der Waals surface area contributed by atoms with Gasteiger partial charge in [-0.1, -0.05) is 58.3 Å². The quantitative estimate of drug-likeness (QED) is 0.356. The van der Waals surface area contributed by atoms with E-state index >= 15 is 0 Å². The molecule has 0 saturated carbocycles. The second kappa shape index (κ2) is 10.2. The van der Waals surface area contributed by atoms with Gasteiger partial charge in [-0.3, -0.25) is 4.90 Å². The van der Waals surface area contributed by atoms with Gasteiger partial charge in [-0.05, 0) is 46.0 Å². The molecule has 3 aromatic rings. The van der Waals surface area contributed by atoms with E-state index in [0.717, 1.165) is 0 Å². The van der Waals surface area contributed by atoms with E-state index in [1.165, 1.54) is 34.4 Å². The minimum Gasteiger partial charge on any atom is -0.448 e. The van der Waals surface area contributed by atoms with Gasteiger partial charge in [-0.25, -0.2) is 4.79 Å². The second-order valence-corrected chi connectivity index (χ2v) is 10.0. The smallest absolute Gasteiger partial charge is 0.448 e. The fraction of sp³-hybridized carbons (Fsp3) is 0.250. The highest BCUT2D eigenvalue weighted by molar-refractivity contribution is 7.81. The van der Waals surface area contributed by atoms with Crippen molar-refractivity contribution >= 4 is 16.6 Å². The SMILES string of the molecule is C#Cc1cc(CN2CCN(C(=O)OCC3c4ccccc4-c4ccccc43)CC2)cc(OS(=O)(=O)F)c1. The number of fused-ring (bicyclic) bond motifs is 3. The molecule has 3 aromatic carbocycles.